The van der Waals surface area contributed by atoms with E-state index in [-0.39, 0.29) is 0 Å². The third-order valence-electron chi connectivity index (χ3n) is 1.72. The Balaban J connectivity index is 2.68. The van der Waals surface area contributed by atoms with Gasteiger partial charge in [0.1, 0.15) is 6.33 Å². The zero-order valence-electron chi connectivity index (χ0n) is 5.97. The third kappa shape index (κ3) is 0.541. The van der Waals surface area contributed by atoms with Crippen LogP contribution in [0.25, 0.3) is 16.7 Å². The number of nitrogens with one attached hydrogen (secondary N) is 1. The first-order valence-corrected chi connectivity index (χ1v) is 3.44. The molecule has 0 radical (unpaired) electrons. The second-order valence-electron chi connectivity index (χ2n) is 2.42. The van der Waals surface area contributed by atoms with Gasteiger partial charge in [-0.15, -0.1) is 15.3 Å². The highest BCUT2D eigenvalue weighted by Gasteiger charge is 2.05. The maximum Gasteiger partial charge on any atom is 0.188 e. The molecule has 0 saturated heterocycles. The van der Waals surface area contributed by atoms with Crippen LogP contribution in [0.2, 0.25) is 0 Å². The SMILES string of the molecule is c1cc2c(nn3cnnc23)[nH]n1. The van der Waals surface area contributed by atoms with Crippen LogP contribution in [0.5, 0.6) is 0 Å². The number of aromatic nitrogens is 6. The molecular weight excluding hydrogens is 156 g/mol. The van der Waals surface area contributed by atoms with Gasteiger partial charge in [-0.1, -0.05) is 0 Å². The molecular formula is C6H4N6. The van der Waals surface area contributed by atoms with Crippen molar-refractivity contribution >= 4 is 16.7 Å². The summed E-state index contributed by atoms with van der Waals surface area (Å²) in [6.45, 7) is 0. The van der Waals surface area contributed by atoms with Crippen LogP contribution in [-0.2, 0) is 0 Å². The molecule has 0 atom stereocenters. The minimum atomic E-state index is 0.724. The molecule has 3 heterocycles. The van der Waals surface area contributed by atoms with E-state index in [2.05, 4.69) is 25.5 Å². The van der Waals surface area contributed by atoms with Gasteiger partial charge in [0.25, 0.3) is 0 Å². The molecule has 58 valence electrons. The molecule has 6 nitrogen and oxygen atoms in total. The van der Waals surface area contributed by atoms with Gasteiger partial charge in [0.2, 0.25) is 0 Å². The van der Waals surface area contributed by atoms with E-state index in [1.807, 2.05) is 6.07 Å². The summed E-state index contributed by atoms with van der Waals surface area (Å²) in [6, 6.07) is 1.85. The van der Waals surface area contributed by atoms with Crippen LogP contribution in [0.3, 0.4) is 0 Å². The van der Waals surface area contributed by atoms with Crippen molar-refractivity contribution in [2.45, 2.75) is 0 Å². The predicted molar refractivity (Wildman–Crippen MR) is 40.4 cm³/mol. The average Bonchev–Trinajstić information content (AvgIpc) is 2.62. The third-order valence-corrected chi connectivity index (χ3v) is 1.72. The lowest BCUT2D eigenvalue weighted by atomic mass is 10.4. The second-order valence-corrected chi connectivity index (χ2v) is 2.42. The number of hydrogen-bond acceptors (Lipinski definition) is 4. The molecule has 0 bridgehead atoms. The quantitative estimate of drug-likeness (QED) is 0.502. The lowest BCUT2D eigenvalue weighted by Crippen LogP contribution is -1.81. The average molecular weight is 160 g/mol. The smallest absolute Gasteiger partial charge is 0.188 e. The summed E-state index contributed by atoms with van der Waals surface area (Å²) >= 11 is 0. The largest absolute Gasteiger partial charge is 0.259 e. The van der Waals surface area contributed by atoms with Crippen molar-refractivity contribution in [2.75, 3.05) is 0 Å². The van der Waals surface area contributed by atoms with E-state index in [4.69, 9.17) is 0 Å². The van der Waals surface area contributed by atoms with E-state index in [0.29, 0.717) is 0 Å². The van der Waals surface area contributed by atoms with Crippen molar-refractivity contribution in [1.29, 1.82) is 0 Å². The number of aromatic amines is 1. The molecule has 0 aliphatic rings. The van der Waals surface area contributed by atoms with Gasteiger partial charge in [0.15, 0.2) is 11.3 Å². The van der Waals surface area contributed by atoms with Crippen LogP contribution in [0.1, 0.15) is 0 Å². The van der Waals surface area contributed by atoms with Gasteiger partial charge in [-0.25, -0.2) is 0 Å². The lowest BCUT2D eigenvalue weighted by Gasteiger charge is -1.82. The van der Waals surface area contributed by atoms with Crippen molar-refractivity contribution in [3.8, 4) is 0 Å². The molecule has 0 unspecified atom stereocenters. The summed E-state index contributed by atoms with van der Waals surface area (Å²) in [6.07, 6.45) is 3.22. The monoisotopic (exact) mass is 160 g/mol. The first-order chi connectivity index (χ1) is 5.95. The van der Waals surface area contributed by atoms with E-state index in [9.17, 15) is 0 Å². The van der Waals surface area contributed by atoms with Gasteiger partial charge in [-0.3, -0.25) is 5.10 Å². The van der Waals surface area contributed by atoms with Crippen LogP contribution in [0.15, 0.2) is 18.6 Å². The number of hydrogen-bond donors (Lipinski definition) is 1. The van der Waals surface area contributed by atoms with Crippen molar-refractivity contribution in [3.05, 3.63) is 18.6 Å². The fourth-order valence-corrected chi connectivity index (χ4v) is 1.19. The summed E-state index contributed by atoms with van der Waals surface area (Å²) in [5.74, 6) is 0. The topological polar surface area (TPSA) is 71.8 Å². The molecule has 0 saturated carbocycles. The molecule has 3 rings (SSSR count). The summed E-state index contributed by atoms with van der Waals surface area (Å²) < 4.78 is 1.61. The van der Waals surface area contributed by atoms with E-state index >= 15 is 0 Å². The Labute approximate surface area is 66.2 Å². The van der Waals surface area contributed by atoms with Crippen LogP contribution in [0, 0.1) is 0 Å². The highest BCUT2D eigenvalue weighted by Crippen LogP contribution is 2.12. The Kier molecular flexibility index (Phi) is 0.840. The number of fused-ring (bicyclic) bond motifs is 3. The molecule has 6 heteroatoms. The van der Waals surface area contributed by atoms with E-state index in [0.717, 1.165) is 16.7 Å². The fourth-order valence-electron chi connectivity index (χ4n) is 1.19. The summed E-state index contributed by atoms with van der Waals surface area (Å²) in [7, 11) is 0. The first kappa shape index (κ1) is 5.64. The zero-order chi connectivity index (χ0) is 7.97. The Bertz CT molecular complexity index is 534. The Morgan fingerprint density at radius 2 is 2.42 bits per heavy atom. The predicted octanol–water partition coefficient (Wildman–Crippen LogP) is 0.000600. The molecule has 0 spiro atoms. The van der Waals surface area contributed by atoms with Crippen LogP contribution in [0.4, 0.5) is 0 Å². The van der Waals surface area contributed by atoms with Crippen molar-refractivity contribution in [3.63, 3.8) is 0 Å². The molecule has 3 aromatic heterocycles. The molecule has 0 aromatic carbocycles. The fraction of sp³-hybridized carbons (Fsp3) is 0. The van der Waals surface area contributed by atoms with Crippen molar-refractivity contribution in [1.82, 2.24) is 30.0 Å². The number of H-pyrrole nitrogens is 1. The molecule has 3 aromatic rings. The van der Waals surface area contributed by atoms with Gasteiger partial charge in [0.05, 0.1) is 5.39 Å². The number of nitrogens with zero attached hydrogens (tertiary/aromatic N) is 5. The Morgan fingerprint density at radius 3 is 3.42 bits per heavy atom. The van der Waals surface area contributed by atoms with E-state index < -0.39 is 0 Å². The molecule has 12 heavy (non-hydrogen) atoms. The minimum absolute atomic E-state index is 0.724. The van der Waals surface area contributed by atoms with Crippen molar-refractivity contribution < 1.29 is 0 Å². The maximum atomic E-state index is 4.15. The summed E-state index contributed by atoms with van der Waals surface area (Å²) in [4.78, 5) is 0. The summed E-state index contributed by atoms with van der Waals surface area (Å²) in [5, 5.41) is 19.3. The molecule has 0 aliphatic heterocycles. The second kappa shape index (κ2) is 1.79. The van der Waals surface area contributed by atoms with Crippen molar-refractivity contribution in [2.24, 2.45) is 0 Å². The van der Waals surface area contributed by atoms with Gasteiger partial charge < -0.3 is 0 Å². The Morgan fingerprint density at radius 1 is 1.42 bits per heavy atom. The molecule has 0 fully saturated rings. The Hall–Kier alpha value is -1.98. The van der Waals surface area contributed by atoms with Crippen LogP contribution >= 0.6 is 0 Å². The maximum absolute atomic E-state index is 4.15. The van der Waals surface area contributed by atoms with Crippen LogP contribution < -0.4 is 0 Å². The van der Waals surface area contributed by atoms with E-state index in [1.54, 1.807) is 17.0 Å². The van der Waals surface area contributed by atoms with Gasteiger partial charge in [-0.2, -0.15) is 9.61 Å². The minimum Gasteiger partial charge on any atom is -0.259 e. The van der Waals surface area contributed by atoms with Gasteiger partial charge >= 0.3 is 0 Å². The molecule has 0 amide bonds. The highest BCUT2D eigenvalue weighted by atomic mass is 15.4. The highest BCUT2D eigenvalue weighted by molar-refractivity contribution is 5.88. The van der Waals surface area contributed by atoms with Gasteiger partial charge in [0, 0.05) is 6.20 Å². The summed E-state index contributed by atoms with van der Waals surface area (Å²) in [5.41, 5.74) is 1.48. The van der Waals surface area contributed by atoms with E-state index in [1.165, 1.54) is 0 Å². The normalized spacial score (nSPS) is 11.3. The first-order valence-electron chi connectivity index (χ1n) is 3.44. The van der Waals surface area contributed by atoms with Gasteiger partial charge in [-0.05, 0) is 6.07 Å². The zero-order valence-corrected chi connectivity index (χ0v) is 5.97. The molecule has 0 aliphatic carbocycles. The standard InChI is InChI=1S/C6H4N6/c1-2-7-9-5-4(1)6-10-8-3-12(6)11-5/h1-3H,(H,9,11). The van der Waals surface area contributed by atoms with Crippen LogP contribution in [-0.4, -0.2) is 30.0 Å². The molecule has 1 N–H and O–H groups in total. The number of rotatable bonds is 0. The lowest BCUT2D eigenvalue weighted by molar-refractivity contribution is 0.944.